The van der Waals surface area contributed by atoms with Crippen LogP contribution >= 0.6 is 11.6 Å². The number of rotatable bonds is 3. The summed E-state index contributed by atoms with van der Waals surface area (Å²) < 4.78 is 37.8. The molecule has 7 heteroatoms. The standard InChI is InChI=1S/C16H14ClF3N2O/c17-13-5-12(16(18,19)20)6-21-15(13)14(23)9-22-7-10-3-1-2-4-11(10)8-22/h1-6,14,23H,7-9H2. The van der Waals surface area contributed by atoms with E-state index in [2.05, 4.69) is 4.98 Å². The molecule has 0 amide bonds. The van der Waals surface area contributed by atoms with Crippen LogP contribution in [0.3, 0.4) is 0 Å². The lowest BCUT2D eigenvalue weighted by molar-refractivity contribution is -0.137. The van der Waals surface area contributed by atoms with Crippen LogP contribution in [0.2, 0.25) is 5.02 Å². The zero-order valence-corrected chi connectivity index (χ0v) is 12.8. The van der Waals surface area contributed by atoms with Crippen LogP contribution < -0.4 is 0 Å². The van der Waals surface area contributed by atoms with E-state index in [9.17, 15) is 18.3 Å². The van der Waals surface area contributed by atoms with Gasteiger partial charge in [-0.1, -0.05) is 35.9 Å². The number of halogens is 4. The van der Waals surface area contributed by atoms with Crippen LogP contribution in [-0.2, 0) is 19.3 Å². The molecule has 2 aromatic rings. The van der Waals surface area contributed by atoms with Crippen molar-refractivity contribution in [1.82, 2.24) is 9.88 Å². The molecule has 1 aromatic heterocycles. The van der Waals surface area contributed by atoms with E-state index in [0.29, 0.717) is 19.3 Å². The second kappa shape index (κ2) is 6.11. The summed E-state index contributed by atoms with van der Waals surface area (Å²) in [7, 11) is 0. The van der Waals surface area contributed by atoms with Gasteiger partial charge in [0.25, 0.3) is 0 Å². The predicted octanol–water partition coefficient (Wildman–Crippen LogP) is 3.80. The van der Waals surface area contributed by atoms with Crippen molar-refractivity contribution < 1.29 is 18.3 Å². The third kappa shape index (κ3) is 3.49. The molecule has 3 rings (SSSR count). The molecule has 0 fully saturated rings. The lowest BCUT2D eigenvalue weighted by atomic mass is 10.1. The average Bonchev–Trinajstić information content (AvgIpc) is 2.88. The van der Waals surface area contributed by atoms with Gasteiger partial charge < -0.3 is 5.11 Å². The fourth-order valence-electron chi connectivity index (χ4n) is 2.71. The number of pyridine rings is 1. The highest BCUT2D eigenvalue weighted by atomic mass is 35.5. The third-order valence-electron chi connectivity index (χ3n) is 3.85. The van der Waals surface area contributed by atoms with E-state index in [1.807, 2.05) is 29.2 Å². The van der Waals surface area contributed by atoms with Crippen molar-refractivity contribution in [3.63, 3.8) is 0 Å². The molecule has 1 atom stereocenters. The number of benzene rings is 1. The first-order chi connectivity index (χ1) is 10.8. The molecule has 0 radical (unpaired) electrons. The Morgan fingerprint density at radius 3 is 2.35 bits per heavy atom. The fourth-order valence-corrected chi connectivity index (χ4v) is 3.00. The summed E-state index contributed by atoms with van der Waals surface area (Å²) in [6, 6.07) is 8.74. The topological polar surface area (TPSA) is 36.4 Å². The third-order valence-corrected chi connectivity index (χ3v) is 4.15. The molecule has 0 aliphatic carbocycles. The largest absolute Gasteiger partial charge is 0.417 e. The molecule has 2 heterocycles. The van der Waals surface area contributed by atoms with Gasteiger partial charge in [0, 0.05) is 25.8 Å². The molecule has 0 saturated heterocycles. The highest BCUT2D eigenvalue weighted by Gasteiger charge is 2.32. The van der Waals surface area contributed by atoms with Crippen LogP contribution in [0.15, 0.2) is 36.5 Å². The summed E-state index contributed by atoms with van der Waals surface area (Å²) in [4.78, 5) is 5.71. The monoisotopic (exact) mass is 342 g/mol. The number of aliphatic hydroxyl groups excluding tert-OH is 1. The summed E-state index contributed by atoms with van der Waals surface area (Å²) >= 11 is 5.86. The van der Waals surface area contributed by atoms with Gasteiger partial charge in [-0.3, -0.25) is 9.88 Å². The van der Waals surface area contributed by atoms with Gasteiger partial charge in [0.2, 0.25) is 0 Å². The van der Waals surface area contributed by atoms with Crippen LogP contribution in [0.5, 0.6) is 0 Å². The molecule has 23 heavy (non-hydrogen) atoms. The molecule has 122 valence electrons. The Bertz CT molecular complexity index is 696. The minimum absolute atomic E-state index is 0.0654. The maximum atomic E-state index is 12.6. The van der Waals surface area contributed by atoms with E-state index in [1.165, 1.54) is 11.1 Å². The van der Waals surface area contributed by atoms with Gasteiger partial charge in [0.05, 0.1) is 16.3 Å². The SMILES string of the molecule is OC(CN1Cc2ccccc2C1)c1ncc(C(F)(F)F)cc1Cl. The Labute approximate surface area is 136 Å². The van der Waals surface area contributed by atoms with E-state index < -0.39 is 17.8 Å². The van der Waals surface area contributed by atoms with Crippen molar-refractivity contribution in [3.8, 4) is 0 Å². The van der Waals surface area contributed by atoms with Crippen LogP contribution in [-0.4, -0.2) is 21.5 Å². The van der Waals surface area contributed by atoms with Crippen LogP contribution in [0.1, 0.15) is 28.5 Å². The van der Waals surface area contributed by atoms with Crippen LogP contribution in [0.4, 0.5) is 13.2 Å². The number of aromatic nitrogens is 1. The smallest absolute Gasteiger partial charge is 0.385 e. The summed E-state index contributed by atoms with van der Waals surface area (Å²) in [5, 5.41) is 10.1. The molecule has 0 bridgehead atoms. The number of alkyl halides is 3. The quantitative estimate of drug-likeness (QED) is 0.921. The lowest BCUT2D eigenvalue weighted by Gasteiger charge is -2.20. The molecular formula is C16H14ClF3N2O. The van der Waals surface area contributed by atoms with Gasteiger partial charge in [-0.15, -0.1) is 0 Å². The second-order valence-corrected chi connectivity index (χ2v) is 5.95. The zero-order valence-electron chi connectivity index (χ0n) is 12.0. The van der Waals surface area contributed by atoms with E-state index in [0.717, 1.165) is 6.07 Å². The average molecular weight is 343 g/mol. The molecule has 1 aliphatic heterocycles. The number of hydrogen-bond acceptors (Lipinski definition) is 3. The molecule has 3 nitrogen and oxygen atoms in total. The zero-order chi connectivity index (χ0) is 16.6. The van der Waals surface area contributed by atoms with Crippen molar-refractivity contribution in [2.75, 3.05) is 6.54 Å². The van der Waals surface area contributed by atoms with Gasteiger partial charge in [-0.2, -0.15) is 13.2 Å². The minimum atomic E-state index is -4.50. The summed E-state index contributed by atoms with van der Waals surface area (Å²) in [5.41, 5.74) is 1.51. The number of fused-ring (bicyclic) bond motifs is 1. The first-order valence-electron chi connectivity index (χ1n) is 7.04. The number of β-amino-alcohol motifs (C(OH)–C–C–N with tert-alkyl or cyclic N) is 1. The van der Waals surface area contributed by atoms with Crippen molar-refractivity contribution >= 4 is 11.6 Å². The molecule has 0 saturated carbocycles. The lowest BCUT2D eigenvalue weighted by Crippen LogP contribution is -2.24. The molecule has 1 aliphatic rings. The Morgan fingerprint density at radius 1 is 1.22 bits per heavy atom. The van der Waals surface area contributed by atoms with Gasteiger partial charge in [0.15, 0.2) is 0 Å². The van der Waals surface area contributed by atoms with Gasteiger partial charge in [-0.05, 0) is 17.2 Å². The summed E-state index contributed by atoms with van der Waals surface area (Å²) in [6.45, 7) is 1.63. The van der Waals surface area contributed by atoms with E-state index in [4.69, 9.17) is 11.6 Å². The Morgan fingerprint density at radius 2 is 1.83 bits per heavy atom. The van der Waals surface area contributed by atoms with Crippen molar-refractivity contribution in [2.45, 2.75) is 25.4 Å². The van der Waals surface area contributed by atoms with E-state index >= 15 is 0 Å². The van der Waals surface area contributed by atoms with Gasteiger partial charge in [-0.25, -0.2) is 0 Å². The Balaban J connectivity index is 1.71. The Hall–Kier alpha value is -1.63. The maximum absolute atomic E-state index is 12.6. The first kappa shape index (κ1) is 16.2. The first-order valence-corrected chi connectivity index (χ1v) is 7.42. The maximum Gasteiger partial charge on any atom is 0.417 e. The molecule has 1 unspecified atom stereocenters. The molecule has 1 aromatic carbocycles. The fraction of sp³-hybridized carbons (Fsp3) is 0.312. The number of aliphatic hydroxyl groups is 1. The normalized spacial score (nSPS) is 16.4. The molecular weight excluding hydrogens is 329 g/mol. The second-order valence-electron chi connectivity index (χ2n) is 5.54. The van der Waals surface area contributed by atoms with Crippen molar-refractivity contribution in [1.29, 1.82) is 0 Å². The van der Waals surface area contributed by atoms with Crippen molar-refractivity contribution in [2.24, 2.45) is 0 Å². The summed E-state index contributed by atoms with van der Waals surface area (Å²) in [6.07, 6.45) is -4.85. The van der Waals surface area contributed by atoms with E-state index in [1.54, 1.807) is 0 Å². The van der Waals surface area contributed by atoms with Gasteiger partial charge >= 0.3 is 6.18 Å². The molecule has 1 N–H and O–H groups in total. The van der Waals surface area contributed by atoms with Gasteiger partial charge in [0.1, 0.15) is 6.10 Å². The number of nitrogens with zero attached hydrogens (tertiary/aromatic N) is 2. The summed E-state index contributed by atoms with van der Waals surface area (Å²) in [5.74, 6) is 0. The highest BCUT2D eigenvalue weighted by Crippen LogP contribution is 2.33. The predicted molar refractivity (Wildman–Crippen MR) is 79.8 cm³/mol. The van der Waals surface area contributed by atoms with E-state index in [-0.39, 0.29) is 17.3 Å². The highest BCUT2D eigenvalue weighted by molar-refractivity contribution is 6.31. The molecule has 0 spiro atoms. The van der Waals surface area contributed by atoms with Crippen molar-refractivity contribution in [3.05, 3.63) is 63.9 Å². The minimum Gasteiger partial charge on any atom is -0.385 e. The van der Waals surface area contributed by atoms with Crippen LogP contribution in [0.25, 0.3) is 0 Å². The van der Waals surface area contributed by atoms with Crippen LogP contribution in [0, 0.1) is 0 Å². The number of hydrogen-bond donors (Lipinski definition) is 1. The Kier molecular flexibility index (Phi) is 4.31.